The van der Waals surface area contributed by atoms with E-state index in [0.717, 1.165) is 31.0 Å². The fourth-order valence-corrected chi connectivity index (χ4v) is 3.32. The molecule has 1 N–H and O–H groups in total. The van der Waals surface area contributed by atoms with Crippen LogP contribution in [0.5, 0.6) is 11.5 Å². The van der Waals surface area contributed by atoms with Gasteiger partial charge in [-0.1, -0.05) is 18.0 Å². The van der Waals surface area contributed by atoms with E-state index in [-0.39, 0.29) is 17.5 Å². The zero-order chi connectivity index (χ0) is 20.1. The van der Waals surface area contributed by atoms with Crippen LogP contribution in [0.1, 0.15) is 37.7 Å². The Balaban J connectivity index is 1.55. The highest BCUT2D eigenvalue weighted by molar-refractivity contribution is 6.31. The van der Waals surface area contributed by atoms with Gasteiger partial charge in [-0.15, -0.1) is 0 Å². The zero-order valence-corrected chi connectivity index (χ0v) is 15.6. The lowest BCUT2D eigenvalue weighted by Crippen LogP contribution is -2.19. The van der Waals surface area contributed by atoms with E-state index in [1.807, 2.05) is 0 Å². The minimum Gasteiger partial charge on any atom is -0.490 e. The van der Waals surface area contributed by atoms with Crippen molar-refractivity contribution < 1.29 is 27.4 Å². The Morgan fingerprint density at radius 3 is 2.25 bits per heavy atom. The summed E-state index contributed by atoms with van der Waals surface area (Å²) >= 11 is 5.63. The average molecular weight is 414 g/mol. The molecule has 0 bridgehead atoms. The van der Waals surface area contributed by atoms with Crippen LogP contribution in [0.2, 0.25) is 5.02 Å². The first-order valence-electron chi connectivity index (χ1n) is 8.93. The first kappa shape index (κ1) is 20.3. The molecule has 3 rings (SSSR count). The number of carbonyl (C=O) groups is 1. The van der Waals surface area contributed by atoms with E-state index in [9.17, 15) is 18.0 Å². The number of hydrogen-bond donors (Lipinski definition) is 1. The maximum atomic E-state index is 12.7. The van der Waals surface area contributed by atoms with Gasteiger partial charge in [0.05, 0.1) is 16.7 Å². The van der Waals surface area contributed by atoms with E-state index in [0.29, 0.717) is 5.75 Å². The summed E-state index contributed by atoms with van der Waals surface area (Å²) in [5.41, 5.74) is -0.873. The molecule has 0 unspecified atom stereocenters. The van der Waals surface area contributed by atoms with Crippen LogP contribution in [0.3, 0.4) is 0 Å². The number of benzene rings is 2. The lowest BCUT2D eigenvalue weighted by atomic mass is 9.98. The molecule has 0 atom stereocenters. The normalized spacial score (nSPS) is 15.1. The largest absolute Gasteiger partial charge is 0.490 e. The molecule has 2 aromatic carbocycles. The molecule has 0 aliphatic heterocycles. The van der Waals surface area contributed by atoms with Crippen LogP contribution in [-0.4, -0.2) is 12.2 Å². The first-order chi connectivity index (χ1) is 13.3. The van der Waals surface area contributed by atoms with E-state index in [1.54, 1.807) is 24.3 Å². The van der Waals surface area contributed by atoms with Crippen molar-refractivity contribution >= 4 is 23.4 Å². The van der Waals surface area contributed by atoms with Gasteiger partial charge < -0.3 is 9.47 Å². The van der Waals surface area contributed by atoms with Crippen molar-refractivity contribution in [3.63, 3.8) is 0 Å². The van der Waals surface area contributed by atoms with Gasteiger partial charge in [0.25, 0.3) is 0 Å². The molecule has 8 heteroatoms. The molecule has 1 aliphatic carbocycles. The van der Waals surface area contributed by atoms with Crippen LogP contribution in [0, 0.1) is 0 Å². The summed E-state index contributed by atoms with van der Waals surface area (Å²) in [6.45, 7) is 0. The summed E-state index contributed by atoms with van der Waals surface area (Å²) in [6.07, 6.45) is 0.473. The number of nitrogens with one attached hydrogen (secondary N) is 1. The van der Waals surface area contributed by atoms with Crippen molar-refractivity contribution in [1.82, 2.24) is 0 Å². The molecule has 0 saturated heterocycles. The van der Waals surface area contributed by atoms with Crippen LogP contribution in [-0.2, 0) is 6.18 Å². The van der Waals surface area contributed by atoms with E-state index in [1.165, 1.54) is 19.3 Å². The van der Waals surface area contributed by atoms with Gasteiger partial charge in [0.2, 0.25) is 0 Å². The van der Waals surface area contributed by atoms with Crippen molar-refractivity contribution in [3.8, 4) is 11.5 Å². The van der Waals surface area contributed by atoms with Gasteiger partial charge in [0.1, 0.15) is 11.5 Å². The van der Waals surface area contributed by atoms with Gasteiger partial charge in [-0.25, -0.2) is 4.79 Å². The predicted molar refractivity (Wildman–Crippen MR) is 100 cm³/mol. The van der Waals surface area contributed by atoms with E-state index >= 15 is 0 Å². The minimum absolute atomic E-state index is 0.0975. The summed E-state index contributed by atoms with van der Waals surface area (Å²) in [5, 5.41) is 1.84. The fourth-order valence-electron chi connectivity index (χ4n) is 3.03. The number of halogens is 4. The molecule has 28 heavy (non-hydrogen) atoms. The van der Waals surface area contributed by atoms with Crippen LogP contribution in [0.15, 0.2) is 42.5 Å². The molecular formula is C20H19ClF3NO3. The Morgan fingerprint density at radius 1 is 1.00 bits per heavy atom. The van der Waals surface area contributed by atoms with Crippen LogP contribution in [0.4, 0.5) is 23.7 Å². The Morgan fingerprint density at radius 2 is 1.64 bits per heavy atom. The molecule has 150 valence electrons. The van der Waals surface area contributed by atoms with Gasteiger partial charge in [-0.3, -0.25) is 5.32 Å². The van der Waals surface area contributed by atoms with E-state index in [4.69, 9.17) is 21.1 Å². The molecule has 1 saturated carbocycles. The molecule has 0 aromatic heterocycles. The summed E-state index contributed by atoms with van der Waals surface area (Å²) in [6, 6.07) is 9.55. The van der Waals surface area contributed by atoms with Gasteiger partial charge in [0, 0.05) is 5.69 Å². The quantitative estimate of drug-likeness (QED) is 0.608. The van der Waals surface area contributed by atoms with Crippen molar-refractivity contribution in [1.29, 1.82) is 0 Å². The topological polar surface area (TPSA) is 47.6 Å². The number of rotatable bonds is 4. The molecule has 2 aromatic rings. The third-order valence-electron chi connectivity index (χ3n) is 4.41. The molecule has 0 radical (unpaired) electrons. The number of ether oxygens (including phenoxy) is 2. The van der Waals surface area contributed by atoms with Gasteiger partial charge >= 0.3 is 12.3 Å². The summed E-state index contributed by atoms with van der Waals surface area (Å²) in [4.78, 5) is 11.9. The second-order valence-electron chi connectivity index (χ2n) is 6.56. The first-order valence-corrected chi connectivity index (χ1v) is 9.31. The average Bonchev–Trinajstić information content (AvgIpc) is 2.63. The number of amides is 1. The van der Waals surface area contributed by atoms with Crippen LogP contribution >= 0.6 is 11.6 Å². The standard InChI is InChI=1S/C20H19ClF3NO3/c21-18-12-13(6-11-17(18)20(22,23)24)25-19(26)28-16-9-7-15(8-10-16)27-14-4-2-1-3-5-14/h6-12,14H,1-5H2,(H,25,26). The van der Waals surface area contributed by atoms with Crippen molar-refractivity contribution in [2.24, 2.45) is 0 Å². The molecular weight excluding hydrogens is 395 g/mol. The van der Waals surface area contributed by atoms with E-state index < -0.39 is 22.9 Å². The third kappa shape index (κ3) is 5.55. The maximum absolute atomic E-state index is 12.7. The third-order valence-corrected chi connectivity index (χ3v) is 4.72. The van der Waals surface area contributed by atoms with Crippen molar-refractivity contribution in [2.45, 2.75) is 44.4 Å². The minimum atomic E-state index is -4.56. The Bertz CT molecular complexity index is 818. The summed E-state index contributed by atoms with van der Waals surface area (Å²) in [5.74, 6) is 0.987. The van der Waals surface area contributed by atoms with Gasteiger partial charge in [0.15, 0.2) is 0 Å². The Hall–Kier alpha value is -2.41. The number of hydrogen-bond acceptors (Lipinski definition) is 3. The van der Waals surface area contributed by atoms with Crippen LogP contribution in [0.25, 0.3) is 0 Å². The predicted octanol–water partition coefficient (Wildman–Crippen LogP) is 6.68. The monoisotopic (exact) mass is 413 g/mol. The summed E-state index contributed by atoms with van der Waals surface area (Å²) in [7, 11) is 0. The van der Waals surface area contributed by atoms with Crippen molar-refractivity contribution in [2.75, 3.05) is 5.32 Å². The number of anilines is 1. The maximum Gasteiger partial charge on any atom is 0.417 e. The highest BCUT2D eigenvalue weighted by Gasteiger charge is 2.33. The highest BCUT2D eigenvalue weighted by atomic mass is 35.5. The number of carbonyl (C=O) groups excluding carboxylic acids is 1. The smallest absolute Gasteiger partial charge is 0.417 e. The van der Waals surface area contributed by atoms with Crippen LogP contribution < -0.4 is 14.8 Å². The molecule has 1 amide bonds. The lowest BCUT2D eigenvalue weighted by molar-refractivity contribution is -0.137. The van der Waals surface area contributed by atoms with Gasteiger partial charge in [-0.05, 0) is 68.1 Å². The molecule has 0 spiro atoms. The Kier molecular flexibility index (Phi) is 6.34. The number of alkyl halides is 3. The lowest BCUT2D eigenvalue weighted by Gasteiger charge is -2.23. The second kappa shape index (κ2) is 8.73. The summed E-state index contributed by atoms with van der Waals surface area (Å²) < 4.78 is 49.1. The molecule has 1 fully saturated rings. The SMILES string of the molecule is O=C(Nc1ccc(C(F)(F)F)c(Cl)c1)Oc1ccc(OC2CCCCC2)cc1. The second-order valence-corrected chi connectivity index (χ2v) is 6.96. The molecule has 0 heterocycles. The molecule has 4 nitrogen and oxygen atoms in total. The fraction of sp³-hybridized carbons (Fsp3) is 0.350. The highest BCUT2D eigenvalue weighted by Crippen LogP contribution is 2.36. The van der Waals surface area contributed by atoms with Crippen molar-refractivity contribution in [3.05, 3.63) is 53.1 Å². The molecule has 1 aliphatic rings. The Labute approximate surface area is 165 Å². The van der Waals surface area contributed by atoms with E-state index in [2.05, 4.69) is 5.32 Å². The van der Waals surface area contributed by atoms with Gasteiger partial charge in [-0.2, -0.15) is 13.2 Å². The zero-order valence-electron chi connectivity index (χ0n) is 14.9.